The fourth-order valence-electron chi connectivity index (χ4n) is 1.91. The molecular formula is C10H7F13O2. The van der Waals surface area contributed by atoms with Gasteiger partial charge in [-0.25, -0.2) is 8.78 Å². The van der Waals surface area contributed by atoms with Gasteiger partial charge in [0.05, 0.1) is 0 Å². The number of halogens is 13. The van der Waals surface area contributed by atoms with E-state index in [9.17, 15) is 57.1 Å². The highest BCUT2D eigenvalue weighted by Gasteiger charge is 2.94. The summed E-state index contributed by atoms with van der Waals surface area (Å²) in [6.45, 7) is -3.31. The van der Waals surface area contributed by atoms with E-state index < -0.39 is 54.8 Å². The fourth-order valence-corrected chi connectivity index (χ4v) is 1.91. The van der Waals surface area contributed by atoms with Crippen LogP contribution in [-0.4, -0.2) is 48.4 Å². The first-order chi connectivity index (χ1) is 10.8. The Morgan fingerprint density at radius 2 is 1.12 bits per heavy atom. The van der Waals surface area contributed by atoms with Gasteiger partial charge in [0.2, 0.25) is 0 Å². The maximum atomic E-state index is 13.9. The van der Waals surface area contributed by atoms with E-state index in [1.807, 2.05) is 0 Å². The third-order valence-electron chi connectivity index (χ3n) is 3.35. The Balaban J connectivity index is 3.67. The lowest BCUT2D eigenvalue weighted by Crippen LogP contribution is -2.80. The van der Waals surface area contributed by atoms with Gasteiger partial charge in [-0.1, -0.05) is 6.92 Å². The zero-order valence-corrected chi connectivity index (χ0v) is 11.6. The van der Waals surface area contributed by atoms with Crippen molar-refractivity contribution in [3.63, 3.8) is 0 Å². The lowest BCUT2D eigenvalue weighted by atomic mass is 9.88. The highest BCUT2D eigenvalue weighted by molar-refractivity contribution is 5.14. The van der Waals surface area contributed by atoms with E-state index in [-0.39, 0.29) is 6.92 Å². The van der Waals surface area contributed by atoms with Gasteiger partial charge in [-0.2, -0.15) is 48.3 Å². The van der Waals surface area contributed by atoms with Crippen molar-refractivity contribution in [2.45, 2.75) is 55.0 Å². The summed E-state index contributed by atoms with van der Waals surface area (Å²) in [6.07, 6.45) is -21.9. The molecule has 0 unspecified atom stereocenters. The molecule has 0 N–H and O–H groups in total. The minimum absolute atomic E-state index is 0.277. The number of rotatable bonds is 4. The monoisotopic (exact) mass is 406 g/mol. The van der Waals surface area contributed by atoms with E-state index in [4.69, 9.17) is 0 Å². The molecule has 150 valence electrons. The molecule has 1 fully saturated rings. The minimum atomic E-state index is -7.23. The molecule has 0 atom stereocenters. The number of hydrogen-bond donors (Lipinski definition) is 0. The summed E-state index contributed by atoms with van der Waals surface area (Å²) < 4.78 is 176. The summed E-state index contributed by atoms with van der Waals surface area (Å²) in [5.74, 6) is -18.7. The molecule has 0 aromatic carbocycles. The first-order valence-electron chi connectivity index (χ1n) is 6.02. The molecule has 0 spiro atoms. The topological polar surface area (TPSA) is 18.5 Å². The second-order valence-electron chi connectivity index (χ2n) is 4.91. The van der Waals surface area contributed by atoms with Crippen molar-refractivity contribution in [2.75, 3.05) is 6.67 Å². The van der Waals surface area contributed by atoms with Crippen LogP contribution < -0.4 is 0 Å². The number of ether oxygens (including phenoxy) is 2. The van der Waals surface area contributed by atoms with Gasteiger partial charge in [-0.15, -0.1) is 0 Å². The molecular weight excluding hydrogens is 399 g/mol. The second kappa shape index (κ2) is 5.50. The lowest BCUT2D eigenvalue weighted by molar-refractivity contribution is -0.596. The third-order valence-corrected chi connectivity index (χ3v) is 3.35. The van der Waals surface area contributed by atoms with Gasteiger partial charge in [0.15, 0.2) is 6.67 Å². The standard InChI is InChI=1S/C10H7F13O2/c1-2-5(8(17,18)19)24-9(20,21)6(14,10(22,23)25-5)7(15,16)4(12,13)3-11/h2-3H2,1H3. The van der Waals surface area contributed by atoms with Gasteiger partial charge in [0.25, 0.3) is 5.79 Å². The van der Waals surface area contributed by atoms with Crippen molar-refractivity contribution in [2.24, 2.45) is 0 Å². The second-order valence-corrected chi connectivity index (χ2v) is 4.91. The molecule has 1 aliphatic heterocycles. The molecule has 1 saturated heterocycles. The maximum Gasteiger partial charge on any atom is 0.443 e. The van der Waals surface area contributed by atoms with Crippen LogP contribution in [0.25, 0.3) is 0 Å². The summed E-state index contributed by atoms with van der Waals surface area (Å²) in [5, 5.41) is 0. The van der Waals surface area contributed by atoms with Gasteiger partial charge in [-0.05, 0) is 0 Å². The predicted molar refractivity (Wildman–Crippen MR) is 50.8 cm³/mol. The Bertz CT molecular complexity index is 493. The van der Waals surface area contributed by atoms with Crippen LogP contribution in [0.4, 0.5) is 57.1 Å². The lowest BCUT2D eigenvalue weighted by Gasteiger charge is -2.52. The molecule has 0 bridgehead atoms. The smallest absolute Gasteiger partial charge is 0.275 e. The third kappa shape index (κ3) is 2.64. The van der Waals surface area contributed by atoms with Gasteiger partial charge in [0, 0.05) is 6.42 Å². The molecule has 0 aliphatic carbocycles. The molecule has 1 aliphatic rings. The van der Waals surface area contributed by atoms with Crippen LogP contribution in [0.5, 0.6) is 0 Å². The Morgan fingerprint density at radius 1 is 0.760 bits per heavy atom. The molecule has 0 radical (unpaired) electrons. The first kappa shape index (κ1) is 22.1. The van der Waals surface area contributed by atoms with E-state index in [2.05, 4.69) is 9.47 Å². The predicted octanol–water partition coefficient (Wildman–Crippen LogP) is 4.84. The summed E-state index contributed by atoms with van der Waals surface area (Å²) in [6, 6.07) is 0. The van der Waals surface area contributed by atoms with Crippen LogP contribution in [-0.2, 0) is 9.47 Å². The molecule has 2 nitrogen and oxygen atoms in total. The van der Waals surface area contributed by atoms with Crippen molar-refractivity contribution in [3.05, 3.63) is 0 Å². The van der Waals surface area contributed by atoms with Crippen LogP contribution in [0, 0.1) is 0 Å². The zero-order valence-electron chi connectivity index (χ0n) is 11.6. The van der Waals surface area contributed by atoms with E-state index in [1.165, 1.54) is 0 Å². The molecule has 1 rings (SSSR count). The Morgan fingerprint density at radius 3 is 1.36 bits per heavy atom. The van der Waals surface area contributed by atoms with Crippen molar-refractivity contribution in [3.8, 4) is 0 Å². The van der Waals surface area contributed by atoms with E-state index >= 15 is 0 Å². The Labute approximate surface area is 129 Å². The van der Waals surface area contributed by atoms with Crippen LogP contribution in [0.15, 0.2) is 0 Å². The quantitative estimate of drug-likeness (QED) is 0.623. The van der Waals surface area contributed by atoms with E-state index in [1.54, 1.807) is 0 Å². The van der Waals surface area contributed by atoms with Gasteiger partial charge in [-0.3, -0.25) is 9.47 Å². The highest BCUT2D eigenvalue weighted by atomic mass is 19.4. The molecule has 15 heteroatoms. The fraction of sp³-hybridized carbons (Fsp3) is 1.00. The molecule has 0 saturated carbocycles. The maximum absolute atomic E-state index is 13.9. The van der Waals surface area contributed by atoms with Gasteiger partial charge < -0.3 is 0 Å². The minimum Gasteiger partial charge on any atom is -0.275 e. The van der Waals surface area contributed by atoms with Crippen LogP contribution in [0.3, 0.4) is 0 Å². The summed E-state index contributed by atoms with van der Waals surface area (Å²) in [5.41, 5.74) is -7.16. The van der Waals surface area contributed by atoms with Gasteiger partial charge in [0.1, 0.15) is 0 Å². The molecule has 0 aromatic heterocycles. The highest BCUT2D eigenvalue weighted by Crippen LogP contribution is 2.64. The molecule has 0 amide bonds. The van der Waals surface area contributed by atoms with E-state index in [0.29, 0.717) is 0 Å². The Hall–Kier alpha value is -0.990. The van der Waals surface area contributed by atoms with Gasteiger partial charge >= 0.3 is 35.9 Å². The van der Waals surface area contributed by atoms with E-state index in [0.717, 1.165) is 0 Å². The van der Waals surface area contributed by atoms with Crippen LogP contribution >= 0.6 is 0 Å². The van der Waals surface area contributed by atoms with Crippen LogP contribution in [0.2, 0.25) is 0 Å². The van der Waals surface area contributed by atoms with Crippen molar-refractivity contribution < 1.29 is 66.5 Å². The van der Waals surface area contributed by atoms with Crippen molar-refractivity contribution in [1.29, 1.82) is 0 Å². The van der Waals surface area contributed by atoms with Crippen molar-refractivity contribution in [1.82, 2.24) is 0 Å². The SMILES string of the molecule is CCC1(C(F)(F)F)OC(F)(F)C(F)(C(F)(F)C(F)(F)CF)C(F)(F)O1. The summed E-state index contributed by atoms with van der Waals surface area (Å²) in [7, 11) is 0. The number of hydrogen-bond acceptors (Lipinski definition) is 2. The summed E-state index contributed by atoms with van der Waals surface area (Å²) >= 11 is 0. The average Bonchev–Trinajstić information content (AvgIpc) is 2.41. The molecule has 1 heterocycles. The normalized spacial score (nSPS) is 33.4. The van der Waals surface area contributed by atoms with Crippen LogP contribution in [0.1, 0.15) is 13.3 Å². The average molecular weight is 406 g/mol. The Kier molecular flexibility index (Phi) is 4.85. The van der Waals surface area contributed by atoms with Crippen molar-refractivity contribution >= 4 is 0 Å². The summed E-state index contributed by atoms with van der Waals surface area (Å²) in [4.78, 5) is 0. The number of alkyl halides is 13. The zero-order chi connectivity index (χ0) is 20.3. The largest absolute Gasteiger partial charge is 0.443 e. The first-order valence-corrected chi connectivity index (χ1v) is 6.02. The molecule has 25 heavy (non-hydrogen) atoms. The molecule has 0 aromatic rings.